The molecule has 2 fully saturated rings. The summed E-state index contributed by atoms with van der Waals surface area (Å²) in [5.41, 5.74) is -0.439. The van der Waals surface area contributed by atoms with Crippen LogP contribution in [0.15, 0.2) is 85.0 Å². The van der Waals surface area contributed by atoms with E-state index in [0.29, 0.717) is 32.5 Å². The third kappa shape index (κ3) is 4.32. The van der Waals surface area contributed by atoms with Gasteiger partial charge in [0.15, 0.2) is 0 Å². The van der Waals surface area contributed by atoms with Crippen molar-refractivity contribution in [3.63, 3.8) is 0 Å². The maximum absolute atomic E-state index is 14.7. The maximum Gasteiger partial charge on any atom is 0.249 e. The normalized spacial score (nSPS) is 31.5. The number of amides is 3. The first-order valence-corrected chi connectivity index (χ1v) is 14.5. The smallest absolute Gasteiger partial charge is 0.249 e. The number of benzene rings is 2. The van der Waals surface area contributed by atoms with E-state index in [2.05, 4.69) is 0 Å². The third-order valence-corrected chi connectivity index (χ3v) is 9.30. The van der Waals surface area contributed by atoms with Crippen LogP contribution in [0.5, 0.6) is 0 Å². The number of nitrogens with zero attached hydrogens (tertiary/aromatic N) is 3. The van der Waals surface area contributed by atoms with Crippen LogP contribution in [-0.2, 0) is 32.1 Å². The largest absolute Gasteiger partial charge is 0.394 e. The van der Waals surface area contributed by atoms with Crippen LogP contribution in [0.4, 0.5) is 0 Å². The molecular weight excluding hydrogens is 518 g/mol. The molecule has 1 N–H and O–H groups in total. The molecule has 3 amide bonds. The molecule has 4 aliphatic rings. The van der Waals surface area contributed by atoms with E-state index >= 15 is 0 Å². The van der Waals surface area contributed by atoms with E-state index in [1.807, 2.05) is 91.9 Å². The highest BCUT2D eigenvalue weighted by Crippen LogP contribution is 2.59. The van der Waals surface area contributed by atoms with Gasteiger partial charge < -0.3 is 24.5 Å². The topological polar surface area (TPSA) is 90.4 Å². The fourth-order valence-corrected chi connectivity index (χ4v) is 7.34. The van der Waals surface area contributed by atoms with E-state index in [4.69, 9.17) is 4.74 Å². The number of aliphatic hydroxyl groups excluding tert-OH is 1. The van der Waals surface area contributed by atoms with Gasteiger partial charge in [0, 0.05) is 26.7 Å². The Kier molecular flexibility index (Phi) is 7.08. The molecule has 41 heavy (non-hydrogen) atoms. The Labute approximate surface area is 240 Å². The molecule has 1 spiro atoms. The second-order valence-corrected chi connectivity index (χ2v) is 11.6. The molecule has 0 saturated carbocycles. The Bertz CT molecular complexity index is 1380. The van der Waals surface area contributed by atoms with Crippen LogP contribution in [0.25, 0.3) is 0 Å². The van der Waals surface area contributed by atoms with E-state index < -0.39 is 35.1 Å². The lowest BCUT2D eigenvalue weighted by molar-refractivity contribution is -0.157. The molecule has 2 aromatic rings. The molecule has 214 valence electrons. The van der Waals surface area contributed by atoms with Gasteiger partial charge in [-0.25, -0.2) is 0 Å². The maximum atomic E-state index is 14.7. The van der Waals surface area contributed by atoms with E-state index in [9.17, 15) is 19.5 Å². The van der Waals surface area contributed by atoms with Crippen LogP contribution in [-0.4, -0.2) is 87.6 Å². The van der Waals surface area contributed by atoms with Crippen molar-refractivity contribution in [2.75, 3.05) is 26.7 Å². The molecule has 2 aromatic carbocycles. The van der Waals surface area contributed by atoms with Crippen molar-refractivity contribution in [3.05, 3.63) is 96.1 Å². The summed E-state index contributed by atoms with van der Waals surface area (Å²) in [7, 11) is 1.74. The van der Waals surface area contributed by atoms with Gasteiger partial charge in [0.2, 0.25) is 17.7 Å². The zero-order valence-corrected chi connectivity index (χ0v) is 23.6. The van der Waals surface area contributed by atoms with Crippen molar-refractivity contribution in [1.29, 1.82) is 0 Å². The Morgan fingerprint density at radius 2 is 1.54 bits per heavy atom. The van der Waals surface area contributed by atoms with Crippen LogP contribution >= 0.6 is 0 Å². The lowest BCUT2D eigenvalue weighted by Crippen LogP contribution is -2.59. The summed E-state index contributed by atoms with van der Waals surface area (Å²) in [4.78, 5) is 48.1. The van der Waals surface area contributed by atoms with Crippen molar-refractivity contribution in [2.24, 2.45) is 11.8 Å². The van der Waals surface area contributed by atoms with Gasteiger partial charge in [-0.3, -0.25) is 14.4 Å². The molecule has 0 aromatic heterocycles. The Balaban J connectivity index is 1.48. The zero-order chi connectivity index (χ0) is 28.8. The van der Waals surface area contributed by atoms with Crippen molar-refractivity contribution in [1.82, 2.24) is 14.7 Å². The average molecular weight is 556 g/mol. The van der Waals surface area contributed by atoms with Gasteiger partial charge >= 0.3 is 0 Å². The highest BCUT2D eigenvalue weighted by atomic mass is 16.5. The standard InChI is InChI=1S/C33H37N3O5/c1-3-32-16-10-18-34(2)29(38)26(32)27-30(39)36(25(22-37)20-23-12-6-4-7-13-23)28-31(40)35(19-11-17-33(27,28)41-32)21-24-14-8-5-9-15-24/h4-17,25-28,37H,3,18-22H2,1-2H3/t25-,26+,27+,28?,32-,33+/m1/s1. The van der Waals surface area contributed by atoms with E-state index in [-0.39, 0.29) is 24.3 Å². The number of hydrogen-bond donors (Lipinski definition) is 1. The van der Waals surface area contributed by atoms with Crippen LogP contribution < -0.4 is 0 Å². The molecule has 8 nitrogen and oxygen atoms in total. The Hall–Kier alpha value is -3.75. The predicted octanol–water partition coefficient (Wildman–Crippen LogP) is 2.58. The lowest BCUT2D eigenvalue weighted by Gasteiger charge is -2.41. The molecule has 2 saturated heterocycles. The number of ether oxygens (including phenoxy) is 1. The summed E-state index contributed by atoms with van der Waals surface area (Å²) in [6.07, 6.45) is 8.48. The third-order valence-electron chi connectivity index (χ3n) is 9.30. The summed E-state index contributed by atoms with van der Waals surface area (Å²) in [5.74, 6) is -2.41. The second kappa shape index (κ2) is 10.6. The minimum Gasteiger partial charge on any atom is -0.394 e. The zero-order valence-electron chi connectivity index (χ0n) is 23.6. The monoisotopic (exact) mass is 555 g/mol. The van der Waals surface area contributed by atoms with Crippen LogP contribution in [0.3, 0.4) is 0 Å². The van der Waals surface area contributed by atoms with Crippen LogP contribution in [0.1, 0.15) is 24.5 Å². The molecule has 0 aliphatic carbocycles. The van der Waals surface area contributed by atoms with Gasteiger partial charge in [0.1, 0.15) is 11.6 Å². The fraction of sp³-hybridized carbons (Fsp3) is 0.424. The molecule has 6 atom stereocenters. The van der Waals surface area contributed by atoms with Gasteiger partial charge in [-0.15, -0.1) is 0 Å². The Morgan fingerprint density at radius 3 is 2.20 bits per heavy atom. The number of carbonyl (C=O) groups is 3. The van der Waals surface area contributed by atoms with E-state index in [1.54, 1.807) is 21.7 Å². The summed E-state index contributed by atoms with van der Waals surface area (Å²) < 4.78 is 7.00. The van der Waals surface area contributed by atoms with Crippen LogP contribution in [0, 0.1) is 11.8 Å². The number of fused-ring (bicyclic) bond motifs is 2. The lowest BCUT2D eigenvalue weighted by atomic mass is 9.73. The first-order valence-electron chi connectivity index (χ1n) is 14.5. The van der Waals surface area contributed by atoms with Crippen molar-refractivity contribution < 1.29 is 24.2 Å². The van der Waals surface area contributed by atoms with Gasteiger partial charge in [-0.1, -0.05) is 91.9 Å². The van der Waals surface area contributed by atoms with Gasteiger partial charge in [0.25, 0.3) is 0 Å². The molecular formula is C33H37N3O5. The highest BCUT2D eigenvalue weighted by Gasteiger charge is 2.75. The number of hydrogen-bond acceptors (Lipinski definition) is 5. The fourth-order valence-electron chi connectivity index (χ4n) is 7.34. The molecule has 0 bridgehead atoms. The molecule has 4 heterocycles. The number of aliphatic hydroxyl groups is 1. The van der Waals surface area contributed by atoms with Gasteiger partial charge in [0.05, 0.1) is 30.1 Å². The number of likely N-dealkylation sites (tertiary alicyclic amines) is 1. The second-order valence-electron chi connectivity index (χ2n) is 11.6. The summed E-state index contributed by atoms with van der Waals surface area (Å²) >= 11 is 0. The molecule has 8 heteroatoms. The van der Waals surface area contributed by atoms with Crippen LogP contribution in [0.2, 0.25) is 0 Å². The minimum atomic E-state index is -1.34. The first kappa shape index (κ1) is 27.4. The van der Waals surface area contributed by atoms with E-state index in [0.717, 1.165) is 11.1 Å². The van der Waals surface area contributed by atoms with Gasteiger partial charge in [-0.2, -0.15) is 0 Å². The Morgan fingerprint density at radius 1 is 0.878 bits per heavy atom. The number of carbonyl (C=O) groups excluding carboxylic acids is 3. The number of rotatable bonds is 7. The first-order chi connectivity index (χ1) is 19.8. The number of likely N-dealkylation sites (N-methyl/N-ethyl adjacent to an activating group) is 1. The van der Waals surface area contributed by atoms with Crippen molar-refractivity contribution in [2.45, 2.75) is 49.6 Å². The predicted molar refractivity (Wildman–Crippen MR) is 153 cm³/mol. The van der Waals surface area contributed by atoms with Crippen molar-refractivity contribution >= 4 is 17.7 Å². The highest BCUT2D eigenvalue weighted by molar-refractivity contribution is 6.00. The molecule has 4 aliphatic heterocycles. The quantitative estimate of drug-likeness (QED) is 0.531. The molecule has 0 radical (unpaired) electrons. The van der Waals surface area contributed by atoms with Gasteiger partial charge in [-0.05, 0) is 24.0 Å². The summed E-state index contributed by atoms with van der Waals surface area (Å²) in [6.45, 7) is 2.78. The SMILES string of the molecule is CC[C@@]12C=CCN(C)C(=O)[C@@H]1[C@H]1C(=O)N([C@@H](CO)Cc3ccccc3)C3C(=O)N(Cc4ccccc4)CC=C[C@@]31O2. The van der Waals surface area contributed by atoms with E-state index in [1.165, 1.54) is 0 Å². The summed E-state index contributed by atoms with van der Waals surface area (Å²) in [5, 5.41) is 10.7. The summed E-state index contributed by atoms with van der Waals surface area (Å²) in [6, 6.07) is 17.7. The molecule has 1 unspecified atom stereocenters. The average Bonchev–Trinajstić information content (AvgIpc) is 3.30. The minimum absolute atomic E-state index is 0.164. The molecule has 6 rings (SSSR count). The van der Waals surface area contributed by atoms with Crippen molar-refractivity contribution in [3.8, 4) is 0 Å².